The van der Waals surface area contributed by atoms with Crippen molar-refractivity contribution >= 4 is 23.4 Å². The number of anilines is 1. The predicted molar refractivity (Wildman–Crippen MR) is 138 cm³/mol. The zero-order valence-electron chi connectivity index (χ0n) is 19.8. The summed E-state index contributed by atoms with van der Waals surface area (Å²) in [6, 6.07) is 25.4. The summed E-state index contributed by atoms with van der Waals surface area (Å²) in [5.74, 6) is 2.23. The molecule has 1 aromatic heterocycles. The van der Waals surface area contributed by atoms with Crippen molar-refractivity contribution in [2.24, 2.45) is 0 Å². The molecule has 0 aliphatic heterocycles. The van der Waals surface area contributed by atoms with Crippen molar-refractivity contribution in [2.45, 2.75) is 31.7 Å². The number of nitrogens with zero attached hydrogens (tertiary/aromatic N) is 3. The van der Waals surface area contributed by atoms with Gasteiger partial charge in [0.05, 0.1) is 19.4 Å². The lowest BCUT2D eigenvalue weighted by molar-refractivity contribution is -0.113. The second-order valence-electron chi connectivity index (χ2n) is 7.83. The Morgan fingerprint density at radius 1 is 0.943 bits per heavy atom. The molecule has 0 bridgehead atoms. The van der Waals surface area contributed by atoms with Gasteiger partial charge in [0.1, 0.15) is 18.1 Å². The van der Waals surface area contributed by atoms with E-state index in [0.29, 0.717) is 29.0 Å². The molecule has 0 aliphatic rings. The molecular formula is C27H28N4O3S. The predicted octanol–water partition coefficient (Wildman–Crippen LogP) is 5.21. The third-order valence-corrected chi connectivity index (χ3v) is 6.33. The minimum absolute atomic E-state index is 0.133. The van der Waals surface area contributed by atoms with Crippen molar-refractivity contribution in [2.75, 3.05) is 18.2 Å². The molecule has 0 spiro atoms. The molecule has 0 saturated heterocycles. The van der Waals surface area contributed by atoms with Crippen LogP contribution >= 0.6 is 11.8 Å². The fourth-order valence-corrected chi connectivity index (χ4v) is 4.21. The number of carbonyl (C=O) groups excluding carboxylic acids is 1. The van der Waals surface area contributed by atoms with Crippen LogP contribution in [0.2, 0.25) is 0 Å². The van der Waals surface area contributed by atoms with Crippen molar-refractivity contribution in [1.82, 2.24) is 14.8 Å². The van der Waals surface area contributed by atoms with Gasteiger partial charge in [0.15, 0.2) is 11.0 Å². The first-order valence-corrected chi connectivity index (χ1v) is 12.4. The first kappa shape index (κ1) is 24.3. The van der Waals surface area contributed by atoms with Crippen LogP contribution in [-0.2, 0) is 24.4 Å². The van der Waals surface area contributed by atoms with Gasteiger partial charge in [-0.25, -0.2) is 0 Å². The van der Waals surface area contributed by atoms with Crippen LogP contribution in [0.1, 0.15) is 23.9 Å². The van der Waals surface area contributed by atoms with E-state index in [-0.39, 0.29) is 18.3 Å². The van der Waals surface area contributed by atoms with E-state index in [4.69, 9.17) is 9.47 Å². The number of methoxy groups -OCH3 is 1. The quantitative estimate of drug-likeness (QED) is 0.292. The van der Waals surface area contributed by atoms with E-state index in [1.807, 2.05) is 53.1 Å². The lowest BCUT2D eigenvalue weighted by Gasteiger charge is -2.12. The maximum Gasteiger partial charge on any atom is 0.234 e. The van der Waals surface area contributed by atoms with Gasteiger partial charge in [0.25, 0.3) is 0 Å². The molecule has 35 heavy (non-hydrogen) atoms. The van der Waals surface area contributed by atoms with Gasteiger partial charge in [0, 0.05) is 11.8 Å². The highest BCUT2D eigenvalue weighted by Gasteiger charge is 2.16. The maximum absolute atomic E-state index is 12.6. The van der Waals surface area contributed by atoms with Gasteiger partial charge in [-0.05, 0) is 41.8 Å². The van der Waals surface area contributed by atoms with Gasteiger partial charge in [-0.1, -0.05) is 67.2 Å². The first-order chi connectivity index (χ1) is 17.1. The molecule has 0 saturated carbocycles. The van der Waals surface area contributed by atoms with Crippen LogP contribution in [0, 0.1) is 0 Å². The second kappa shape index (κ2) is 12.1. The summed E-state index contributed by atoms with van der Waals surface area (Å²) in [4.78, 5) is 12.6. The lowest BCUT2D eigenvalue weighted by atomic mass is 10.2. The Hall–Kier alpha value is -3.78. The number of aromatic nitrogens is 3. The topological polar surface area (TPSA) is 78.3 Å². The monoisotopic (exact) mass is 488 g/mol. The number of thioether (sulfide) groups is 1. The number of hydrogen-bond acceptors (Lipinski definition) is 6. The van der Waals surface area contributed by atoms with Crippen LogP contribution in [0.3, 0.4) is 0 Å². The summed E-state index contributed by atoms with van der Waals surface area (Å²) in [6.07, 6.45) is 0.984. The Balaban J connectivity index is 1.45. The third-order valence-electron chi connectivity index (χ3n) is 5.36. The number of amides is 1. The number of carbonyl (C=O) groups is 1. The normalized spacial score (nSPS) is 10.7. The molecule has 4 aromatic rings. The molecule has 3 aromatic carbocycles. The number of hydrogen-bond donors (Lipinski definition) is 1. The molecule has 0 aliphatic carbocycles. The Morgan fingerprint density at radius 3 is 2.49 bits per heavy atom. The van der Waals surface area contributed by atoms with Crippen molar-refractivity contribution in [3.05, 3.63) is 95.8 Å². The van der Waals surface area contributed by atoms with E-state index in [9.17, 15) is 4.79 Å². The molecule has 0 atom stereocenters. The molecule has 180 valence electrons. The fraction of sp³-hybridized carbons (Fsp3) is 0.222. The molecule has 0 fully saturated rings. The van der Waals surface area contributed by atoms with Crippen LogP contribution in [0.5, 0.6) is 11.5 Å². The highest BCUT2D eigenvalue weighted by Crippen LogP contribution is 2.22. The second-order valence-corrected chi connectivity index (χ2v) is 8.77. The number of benzene rings is 3. The van der Waals surface area contributed by atoms with E-state index in [2.05, 4.69) is 46.7 Å². The zero-order valence-corrected chi connectivity index (χ0v) is 20.6. The van der Waals surface area contributed by atoms with Crippen LogP contribution < -0.4 is 14.8 Å². The maximum atomic E-state index is 12.6. The largest absolute Gasteiger partial charge is 0.497 e. The van der Waals surface area contributed by atoms with Crippen molar-refractivity contribution in [3.63, 3.8) is 0 Å². The number of aryl methyl sites for hydroxylation is 1. The van der Waals surface area contributed by atoms with Crippen LogP contribution in [0.25, 0.3) is 0 Å². The standard InChI is InChI=1S/C27H28N4O3S/c1-3-20-12-14-23(15-13-20)34-18-25-29-30-27(31(25)17-21-8-5-4-6-9-21)35-19-26(32)28-22-10-7-11-24(16-22)33-2/h4-16H,3,17-19H2,1-2H3,(H,28,32). The minimum atomic E-state index is -0.133. The number of ether oxygens (including phenoxy) is 2. The Bertz CT molecular complexity index is 1240. The Morgan fingerprint density at radius 2 is 1.74 bits per heavy atom. The van der Waals surface area contributed by atoms with Gasteiger partial charge in [-0.2, -0.15) is 0 Å². The SMILES string of the molecule is CCc1ccc(OCc2nnc(SCC(=O)Nc3cccc(OC)c3)n2Cc2ccccc2)cc1. The highest BCUT2D eigenvalue weighted by atomic mass is 32.2. The summed E-state index contributed by atoms with van der Waals surface area (Å²) in [5, 5.41) is 12.3. The average molecular weight is 489 g/mol. The first-order valence-electron chi connectivity index (χ1n) is 11.4. The van der Waals surface area contributed by atoms with E-state index in [1.165, 1.54) is 17.3 Å². The Labute approximate surface area is 209 Å². The lowest BCUT2D eigenvalue weighted by Crippen LogP contribution is -2.15. The molecule has 1 amide bonds. The zero-order chi connectivity index (χ0) is 24.5. The summed E-state index contributed by atoms with van der Waals surface area (Å²) >= 11 is 1.34. The van der Waals surface area contributed by atoms with Crippen LogP contribution in [-0.4, -0.2) is 33.5 Å². The number of nitrogens with one attached hydrogen (secondary N) is 1. The van der Waals surface area contributed by atoms with E-state index in [1.54, 1.807) is 13.2 Å². The highest BCUT2D eigenvalue weighted by molar-refractivity contribution is 7.99. The van der Waals surface area contributed by atoms with E-state index in [0.717, 1.165) is 17.7 Å². The van der Waals surface area contributed by atoms with Gasteiger partial charge in [-0.3, -0.25) is 9.36 Å². The molecule has 1 N–H and O–H groups in total. The van der Waals surface area contributed by atoms with Gasteiger partial charge < -0.3 is 14.8 Å². The minimum Gasteiger partial charge on any atom is -0.497 e. The van der Waals surface area contributed by atoms with Crippen LogP contribution in [0.4, 0.5) is 5.69 Å². The van der Waals surface area contributed by atoms with E-state index < -0.39 is 0 Å². The van der Waals surface area contributed by atoms with Crippen molar-refractivity contribution < 1.29 is 14.3 Å². The molecule has 0 unspecified atom stereocenters. The molecule has 4 rings (SSSR count). The Kier molecular flexibility index (Phi) is 8.40. The van der Waals surface area contributed by atoms with Crippen molar-refractivity contribution in [1.29, 1.82) is 0 Å². The smallest absolute Gasteiger partial charge is 0.234 e. The summed E-state index contributed by atoms with van der Waals surface area (Å²) in [5.41, 5.74) is 3.06. The van der Waals surface area contributed by atoms with Gasteiger partial charge >= 0.3 is 0 Å². The molecular weight excluding hydrogens is 460 g/mol. The van der Waals surface area contributed by atoms with Gasteiger partial charge in [-0.15, -0.1) is 10.2 Å². The summed E-state index contributed by atoms with van der Waals surface area (Å²) < 4.78 is 13.2. The van der Waals surface area contributed by atoms with Crippen molar-refractivity contribution in [3.8, 4) is 11.5 Å². The van der Waals surface area contributed by atoms with Gasteiger partial charge in [0.2, 0.25) is 5.91 Å². The average Bonchev–Trinajstić information content (AvgIpc) is 3.28. The molecule has 7 nitrogen and oxygen atoms in total. The van der Waals surface area contributed by atoms with E-state index >= 15 is 0 Å². The van der Waals surface area contributed by atoms with Crippen LogP contribution in [0.15, 0.2) is 84.0 Å². The molecule has 1 heterocycles. The summed E-state index contributed by atoms with van der Waals surface area (Å²) in [6.45, 7) is 2.99. The number of rotatable bonds is 11. The molecule has 8 heteroatoms. The molecule has 0 radical (unpaired) electrons. The summed E-state index contributed by atoms with van der Waals surface area (Å²) in [7, 11) is 1.60. The third kappa shape index (κ3) is 6.86. The fourth-order valence-electron chi connectivity index (χ4n) is 3.45.